The molecular formula is C11H13NO3S. The maximum atomic E-state index is 10.1. The van der Waals surface area contributed by atoms with Gasteiger partial charge in [-0.15, -0.1) is 11.8 Å². The molecule has 0 spiro atoms. The van der Waals surface area contributed by atoms with Crippen molar-refractivity contribution in [2.24, 2.45) is 4.99 Å². The van der Waals surface area contributed by atoms with Crippen molar-refractivity contribution in [3.05, 3.63) is 17.7 Å². The summed E-state index contributed by atoms with van der Waals surface area (Å²) in [5.74, 6) is 1.35. The number of benzene rings is 1. The number of methoxy groups -OCH3 is 2. The Morgan fingerprint density at radius 1 is 1.38 bits per heavy atom. The summed E-state index contributed by atoms with van der Waals surface area (Å²) in [6.07, 6.45) is 3.46. The van der Waals surface area contributed by atoms with E-state index in [1.165, 1.54) is 6.08 Å². The number of thioether (sulfide) groups is 1. The topological polar surface area (TPSA) is 47.9 Å². The van der Waals surface area contributed by atoms with Crippen molar-refractivity contribution in [3.8, 4) is 11.5 Å². The first-order valence-corrected chi connectivity index (χ1v) is 5.81. The highest BCUT2D eigenvalue weighted by Gasteiger charge is 2.11. The molecule has 0 aliphatic carbocycles. The summed E-state index contributed by atoms with van der Waals surface area (Å²) in [6, 6.07) is 3.73. The first kappa shape index (κ1) is 12.6. The average Bonchev–Trinajstić information content (AvgIpc) is 2.34. The van der Waals surface area contributed by atoms with E-state index in [2.05, 4.69) is 4.99 Å². The molecule has 0 fully saturated rings. The molecule has 1 rings (SSSR count). The predicted octanol–water partition coefficient (Wildman–Crippen LogP) is 2.26. The first-order valence-electron chi connectivity index (χ1n) is 4.59. The van der Waals surface area contributed by atoms with E-state index in [0.717, 1.165) is 10.5 Å². The van der Waals surface area contributed by atoms with Crippen LogP contribution in [0.4, 0.5) is 0 Å². The SMILES string of the molecule is COc1cc(CN=C=O)cc(SC)c1OC. The zero-order chi connectivity index (χ0) is 12.0. The Morgan fingerprint density at radius 3 is 2.62 bits per heavy atom. The molecule has 0 heterocycles. The third-order valence-electron chi connectivity index (χ3n) is 2.05. The van der Waals surface area contributed by atoms with Gasteiger partial charge in [-0.25, -0.2) is 9.79 Å². The Hall–Kier alpha value is -1.45. The van der Waals surface area contributed by atoms with Crippen LogP contribution in [0, 0.1) is 0 Å². The van der Waals surface area contributed by atoms with Crippen LogP contribution >= 0.6 is 11.8 Å². The van der Waals surface area contributed by atoms with Crippen LogP contribution in [-0.4, -0.2) is 26.6 Å². The molecule has 1 aromatic rings. The van der Waals surface area contributed by atoms with E-state index in [9.17, 15) is 4.79 Å². The molecule has 0 N–H and O–H groups in total. The molecule has 0 atom stereocenters. The van der Waals surface area contributed by atoms with Gasteiger partial charge in [0.05, 0.1) is 25.7 Å². The van der Waals surface area contributed by atoms with Crippen molar-refractivity contribution in [1.82, 2.24) is 0 Å². The van der Waals surface area contributed by atoms with Crippen molar-refractivity contribution in [3.63, 3.8) is 0 Å². The molecule has 0 radical (unpaired) electrons. The van der Waals surface area contributed by atoms with Gasteiger partial charge < -0.3 is 9.47 Å². The Kier molecular flexibility index (Phi) is 4.89. The molecule has 86 valence electrons. The second-order valence-electron chi connectivity index (χ2n) is 2.94. The van der Waals surface area contributed by atoms with Crippen LogP contribution in [0.1, 0.15) is 5.56 Å². The van der Waals surface area contributed by atoms with Gasteiger partial charge in [-0.1, -0.05) is 0 Å². The van der Waals surface area contributed by atoms with Crippen molar-refractivity contribution in [2.45, 2.75) is 11.4 Å². The molecule has 1 aromatic carbocycles. The largest absolute Gasteiger partial charge is 0.493 e. The Balaban J connectivity index is 3.19. The fourth-order valence-electron chi connectivity index (χ4n) is 1.35. The van der Waals surface area contributed by atoms with Crippen LogP contribution < -0.4 is 9.47 Å². The predicted molar refractivity (Wildman–Crippen MR) is 63.2 cm³/mol. The second kappa shape index (κ2) is 6.20. The van der Waals surface area contributed by atoms with Gasteiger partial charge in [-0.2, -0.15) is 0 Å². The number of ether oxygens (including phenoxy) is 2. The minimum absolute atomic E-state index is 0.303. The van der Waals surface area contributed by atoms with Gasteiger partial charge in [-0.3, -0.25) is 0 Å². The molecule has 0 aromatic heterocycles. The summed E-state index contributed by atoms with van der Waals surface area (Å²) < 4.78 is 10.5. The van der Waals surface area contributed by atoms with Crippen LogP contribution in [0.15, 0.2) is 22.0 Å². The first-order chi connectivity index (χ1) is 7.76. The van der Waals surface area contributed by atoms with E-state index in [1.54, 1.807) is 32.0 Å². The zero-order valence-electron chi connectivity index (χ0n) is 9.44. The third-order valence-corrected chi connectivity index (χ3v) is 2.79. The zero-order valence-corrected chi connectivity index (χ0v) is 10.3. The van der Waals surface area contributed by atoms with E-state index in [0.29, 0.717) is 18.0 Å². The number of hydrogen-bond acceptors (Lipinski definition) is 5. The number of hydrogen-bond donors (Lipinski definition) is 0. The van der Waals surface area contributed by atoms with Gasteiger partial charge in [-0.05, 0) is 24.0 Å². The molecule has 0 aliphatic rings. The molecular weight excluding hydrogens is 226 g/mol. The van der Waals surface area contributed by atoms with Crippen LogP contribution in [0.3, 0.4) is 0 Å². The second-order valence-corrected chi connectivity index (χ2v) is 3.79. The number of aliphatic imine (C=N–C) groups is 1. The minimum atomic E-state index is 0.303. The number of isocyanates is 1. The van der Waals surface area contributed by atoms with Crippen LogP contribution in [0.2, 0.25) is 0 Å². The lowest BCUT2D eigenvalue weighted by Gasteiger charge is -2.12. The van der Waals surface area contributed by atoms with Crippen LogP contribution in [0.5, 0.6) is 11.5 Å². The lowest BCUT2D eigenvalue weighted by atomic mass is 10.2. The molecule has 0 amide bonds. The Labute approximate surface area is 98.7 Å². The highest BCUT2D eigenvalue weighted by Crippen LogP contribution is 2.37. The molecule has 0 bridgehead atoms. The van der Waals surface area contributed by atoms with E-state index < -0.39 is 0 Å². The van der Waals surface area contributed by atoms with Crippen molar-refractivity contribution < 1.29 is 14.3 Å². The summed E-state index contributed by atoms with van der Waals surface area (Å²) in [5, 5.41) is 0. The fraction of sp³-hybridized carbons (Fsp3) is 0.364. The number of nitrogens with zero attached hydrogens (tertiary/aromatic N) is 1. The van der Waals surface area contributed by atoms with Crippen LogP contribution in [-0.2, 0) is 11.3 Å². The summed E-state index contributed by atoms with van der Waals surface area (Å²) in [7, 11) is 3.18. The average molecular weight is 239 g/mol. The molecule has 4 nitrogen and oxygen atoms in total. The highest BCUT2D eigenvalue weighted by molar-refractivity contribution is 7.98. The fourth-order valence-corrected chi connectivity index (χ4v) is 1.99. The Morgan fingerprint density at radius 2 is 2.12 bits per heavy atom. The monoisotopic (exact) mass is 239 g/mol. The van der Waals surface area contributed by atoms with Crippen molar-refractivity contribution >= 4 is 17.8 Å². The summed E-state index contributed by atoms with van der Waals surface area (Å²) in [4.78, 5) is 14.6. The molecule has 0 saturated carbocycles. The standard InChI is InChI=1S/C11H13NO3S/c1-14-9-4-8(6-12-7-13)5-10(16-3)11(9)15-2/h4-5H,6H2,1-3H3. The molecule has 5 heteroatoms. The molecule has 0 unspecified atom stereocenters. The summed E-state index contributed by atoms with van der Waals surface area (Å²) in [5.41, 5.74) is 0.894. The maximum Gasteiger partial charge on any atom is 0.235 e. The quantitative estimate of drug-likeness (QED) is 0.449. The molecule has 16 heavy (non-hydrogen) atoms. The summed E-state index contributed by atoms with van der Waals surface area (Å²) >= 11 is 1.55. The number of carbonyl (C=O) groups excluding carboxylic acids is 1. The molecule has 0 saturated heterocycles. The highest BCUT2D eigenvalue weighted by atomic mass is 32.2. The molecule has 0 aliphatic heterocycles. The van der Waals surface area contributed by atoms with E-state index in [4.69, 9.17) is 9.47 Å². The van der Waals surface area contributed by atoms with Gasteiger partial charge in [0.1, 0.15) is 0 Å². The Bertz CT molecular complexity index is 389. The maximum absolute atomic E-state index is 10.1. The normalized spacial score (nSPS) is 9.44. The minimum Gasteiger partial charge on any atom is -0.493 e. The summed E-state index contributed by atoms with van der Waals surface area (Å²) in [6.45, 7) is 0.303. The van der Waals surface area contributed by atoms with Crippen molar-refractivity contribution in [2.75, 3.05) is 20.5 Å². The van der Waals surface area contributed by atoms with Gasteiger partial charge >= 0.3 is 0 Å². The van der Waals surface area contributed by atoms with Crippen molar-refractivity contribution in [1.29, 1.82) is 0 Å². The van der Waals surface area contributed by atoms with Gasteiger partial charge in [0.2, 0.25) is 6.08 Å². The lowest BCUT2D eigenvalue weighted by Crippen LogP contribution is -1.94. The van der Waals surface area contributed by atoms with Gasteiger partial charge in [0.15, 0.2) is 11.5 Å². The van der Waals surface area contributed by atoms with Gasteiger partial charge in [0, 0.05) is 0 Å². The number of rotatable bonds is 5. The smallest absolute Gasteiger partial charge is 0.235 e. The van der Waals surface area contributed by atoms with E-state index >= 15 is 0 Å². The van der Waals surface area contributed by atoms with Gasteiger partial charge in [0.25, 0.3) is 0 Å². The van der Waals surface area contributed by atoms with Crippen LogP contribution in [0.25, 0.3) is 0 Å². The van der Waals surface area contributed by atoms with E-state index in [1.807, 2.05) is 12.3 Å². The third kappa shape index (κ3) is 2.78. The lowest BCUT2D eigenvalue weighted by molar-refractivity contribution is 0.347. The van der Waals surface area contributed by atoms with E-state index in [-0.39, 0.29) is 0 Å².